The number of hydrogen-bond acceptors (Lipinski definition) is 5. The molecule has 0 aliphatic carbocycles. The molecule has 1 amide bonds. The minimum Gasteiger partial charge on any atom is -0.396 e. The summed E-state index contributed by atoms with van der Waals surface area (Å²) >= 11 is 0. The first-order chi connectivity index (χ1) is 9.51. The van der Waals surface area contributed by atoms with Gasteiger partial charge in [-0.3, -0.25) is 9.48 Å². The van der Waals surface area contributed by atoms with Crippen molar-refractivity contribution in [3.8, 4) is 6.07 Å². The summed E-state index contributed by atoms with van der Waals surface area (Å²) in [5.41, 5.74) is 7.95. The minimum atomic E-state index is -0.0945. The van der Waals surface area contributed by atoms with E-state index < -0.39 is 0 Å². The number of nitrogens with zero attached hydrogens (tertiary/aromatic N) is 4. The zero-order chi connectivity index (χ0) is 15.1. The molecule has 0 aliphatic rings. The highest BCUT2D eigenvalue weighted by Gasteiger charge is 2.16. The van der Waals surface area contributed by atoms with Gasteiger partial charge in [0.1, 0.15) is 6.54 Å². The van der Waals surface area contributed by atoms with Gasteiger partial charge in [0.25, 0.3) is 0 Å². The first-order valence-corrected chi connectivity index (χ1v) is 6.44. The van der Waals surface area contributed by atoms with Crippen molar-refractivity contribution in [2.24, 2.45) is 0 Å². The predicted molar refractivity (Wildman–Crippen MR) is 74.8 cm³/mol. The molecule has 110 valence electrons. The summed E-state index contributed by atoms with van der Waals surface area (Å²) < 4.78 is 6.58. The molecule has 0 aromatic carbocycles. The maximum Gasteiger partial charge on any atom is 0.244 e. The monoisotopic (exact) mass is 279 g/mol. The van der Waals surface area contributed by atoms with Crippen molar-refractivity contribution in [1.29, 1.82) is 5.26 Å². The van der Waals surface area contributed by atoms with Crippen molar-refractivity contribution in [2.45, 2.75) is 26.8 Å². The summed E-state index contributed by atoms with van der Waals surface area (Å²) in [7, 11) is 1.58. The van der Waals surface area contributed by atoms with Crippen LogP contribution in [0.25, 0.3) is 0 Å². The van der Waals surface area contributed by atoms with Gasteiger partial charge in [-0.1, -0.05) is 0 Å². The third-order valence-corrected chi connectivity index (χ3v) is 3.13. The molecule has 0 unspecified atom stereocenters. The Bertz CT molecular complexity index is 504. The van der Waals surface area contributed by atoms with E-state index in [1.165, 1.54) is 0 Å². The number of carbonyl (C=O) groups excluding carboxylic acids is 1. The smallest absolute Gasteiger partial charge is 0.244 e. The minimum absolute atomic E-state index is 0.0945. The maximum atomic E-state index is 12.3. The van der Waals surface area contributed by atoms with Gasteiger partial charge in [-0.15, -0.1) is 0 Å². The Labute approximate surface area is 118 Å². The highest BCUT2D eigenvalue weighted by molar-refractivity contribution is 5.76. The number of aryl methyl sites for hydroxylation is 1. The van der Waals surface area contributed by atoms with Crippen molar-refractivity contribution < 1.29 is 9.53 Å². The van der Waals surface area contributed by atoms with E-state index in [1.807, 2.05) is 19.9 Å². The van der Waals surface area contributed by atoms with Crippen LogP contribution in [-0.2, 0) is 16.1 Å². The average Bonchev–Trinajstić information content (AvgIpc) is 2.66. The number of nitriles is 1. The van der Waals surface area contributed by atoms with Gasteiger partial charge < -0.3 is 15.4 Å². The topological polar surface area (TPSA) is 97.2 Å². The number of ether oxygens (including phenoxy) is 1. The Kier molecular flexibility index (Phi) is 6.00. The standard InChI is InChI=1S/C13H21N5O2/c1-10-13(15)11(2)18(16-10)9-12(19)17(6-4-5-14)7-8-20-3/h4,6-9,15H2,1-3H3. The third-order valence-electron chi connectivity index (χ3n) is 3.13. The van der Waals surface area contributed by atoms with E-state index in [0.29, 0.717) is 31.8 Å². The Hall–Kier alpha value is -2.07. The second-order valence-electron chi connectivity index (χ2n) is 4.52. The van der Waals surface area contributed by atoms with Crippen molar-refractivity contribution in [2.75, 3.05) is 32.5 Å². The number of nitrogen functional groups attached to an aromatic ring is 1. The fourth-order valence-electron chi connectivity index (χ4n) is 1.84. The van der Waals surface area contributed by atoms with E-state index in [9.17, 15) is 4.79 Å². The van der Waals surface area contributed by atoms with Gasteiger partial charge in [0.15, 0.2) is 0 Å². The highest BCUT2D eigenvalue weighted by Crippen LogP contribution is 2.14. The summed E-state index contributed by atoms with van der Waals surface area (Å²) in [6, 6.07) is 2.04. The SMILES string of the molecule is COCCN(CCC#N)C(=O)Cn1nc(C)c(N)c1C. The fraction of sp³-hybridized carbons (Fsp3) is 0.615. The Morgan fingerprint density at radius 1 is 1.50 bits per heavy atom. The normalized spacial score (nSPS) is 10.3. The van der Waals surface area contributed by atoms with E-state index in [4.69, 9.17) is 15.7 Å². The van der Waals surface area contributed by atoms with Crippen LogP contribution < -0.4 is 5.73 Å². The molecule has 7 nitrogen and oxygen atoms in total. The molecule has 7 heteroatoms. The zero-order valence-corrected chi connectivity index (χ0v) is 12.2. The molecule has 0 spiro atoms. The molecule has 0 saturated heterocycles. The van der Waals surface area contributed by atoms with Gasteiger partial charge in [0.05, 0.1) is 36.2 Å². The van der Waals surface area contributed by atoms with E-state index in [-0.39, 0.29) is 12.5 Å². The predicted octanol–water partition coefficient (Wildman–Crippen LogP) is 0.471. The van der Waals surface area contributed by atoms with E-state index in [1.54, 1.807) is 16.7 Å². The van der Waals surface area contributed by atoms with Crippen LogP contribution in [0.4, 0.5) is 5.69 Å². The summed E-state index contributed by atoms with van der Waals surface area (Å²) in [5.74, 6) is -0.0945. The summed E-state index contributed by atoms with van der Waals surface area (Å²) in [5, 5.41) is 12.9. The van der Waals surface area contributed by atoms with Crippen molar-refractivity contribution in [3.05, 3.63) is 11.4 Å². The van der Waals surface area contributed by atoms with Gasteiger partial charge >= 0.3 is 0 Å². The molecule has 1 aromatic heterocycles. The highest BCUT2D eigenvalue weighted by atomic mass is 16.5. The number of aromatic nitrogens is 2. The molecular formula is C13H21N5O2. The van der Waals surface area contributed by atoms with Gasteiger partial charge in [-0.05, 0) is 13.8 Å². The van der Waals surface area contributed by atoms with Crippen LogP contribution >= 0.6 is 0 Å². The molecule has 1 heterocycles. The fourth-order valence-corrected chi connectivity index (χ4v) is 1.84. The average molecular weight is 279 g/mol. The van der Waals surface area contributed by atoms with Gasteiger partial charge in [0.2, 0.25) is 5.91 Å². The largest absolute Gasteiger partial charge is 0.396 e. The zero-order valence-electron chi connectivity index (χ0n) is 12.2. The number of nitrogens with two attached hydrogens (primary N) is 1. The van der Waals surface area contributed by atoms with Crippen LogP contribution in [0.2, 0.25) is 0 Å². The summed E-state index contributed by atoms with van der Waals surface area (Å²) in [6.45, 7) is 5.06. The van der Waals surface area contributed by atoms with Crippen LogP contribution in [0.5, 0.6) is 0 Å². The lowest BCUT2D eigenvalue weighted by Gasteiger charge is -2.21. The second kappa shape index (κ2) is 7.50. The number of hydrogen-bond donors (Lipinski definition) is 1. The molecule has 0 radical (unpaired) electrons. The number of methoxy groups -OCH3 is 1. The molecule has 0 aliphatic heterocycles. The Balaban J connectivity index is 2.74. The van der Waals surface area contributed by atoms with Crippen molar-refractivity contribution in [1.82, 2.24) is 14.7 Å². The molecule has 0 bridgehead atoms. The summed E-state index contributed by atoms with van der Waals surface area (Å²) in [6.07, 6.45) is 0.300. The first kappa shape index (κ1) is 16.0. The van der Waals surface area contributed by atoms with Gasteiger partial charge in [0, 0.05) is 20.2 Å². The molecule has 0 saturated carbocycles. The van der Waals surface area contributed by atoms with Gasteiger partial charge in [-0.2, -0.15) is 10.4 Å². The molecule has 2 N–H and O–H groups in total. The number of amides is 1. The van der Waals surface area contributed by atoms with Crippen molar-refractivity contribution in [3.63, 3.8) is 0 Å². The van der Waals surface area contributed by atoms with Crippen LogP contribution in [0.3, 0.4) is 0 Å². The van der Waals surface area contributed by atoms with Crippen LogP contribution in [-0.4, -0.2) is 47.4 Å². The third kappa shape index (κ3) is 3.96. The van der Waals surface area contributed by atoms with Crippen LogP contribution in [0, 0.1) is 25.2 Å². The lowest BCUT2D eigenvalue weighted by Crippen LogP contribution is -2.37. The lowest BCUT2D eigenvalue weighted by molar-refractivity contribution is -0.132. The second-order valence-corrected chi connectivity index (χ2v) is 4.52. The molecule has 1 rings (SSSR count). The molecule has 0 atom stereocenters. The molecule has 20 heavy (non-hydrogen) atoms. The van der Waals surface area contributed by atoms with E-state index >= 15 is 0 Å². The molecule has 0 fully saturated rings. The Morgan fingerprint density at radius 3 is 2.70 bits per heavy atom. The van der Waals surface area contributed by atoms with E-state index in [0.717, 1.165) is 11.4 Å². The van der Waals surface area contributed by atoms with Gasteiger partial charge in [-0.25, -0.2) is 0 Å². The number of anilines is 1. The lowest BCUT2D eigenvalue weighted by atomic mass is 10.3. The Morgan fingerprint density at radius 2 is 2.20 bits per heavy atom. The number of rotatable bonds is 7. The van der Waals surface area contributed by atoms with Crippen LogP contribution in [0.15, 0.2) is 0 Å². The molecule has 1 aromatic rings. The quantitative estimate of drug-likeness (QED) is 0.782. The summed E-state index contributed by atoms with van der Waals surface area (Å²) in [4.78, 5) is 13.9. The van der Waals surface area contributed by atoms with E-state index in [2.05, 4.69) is 5.10 Å². The number of carbonyl (C=O) groups is 1. The molecular weight excluding hydrogens is 258 g/mol. The first-order valence-electron chi connectivity index (χ1n) is 6.44. The van der Waals surface area contributed by atoms with Crippen molar-refractivity contribution >= 4 is 11.6 Å². The van der Waals surface area contributed by atoms with Crippen LogP contribution in [0.1, 0.15) is 17.8 Å². The maximum absolute atomic E-state index is 12.3.